The topological polar surface area (TPSA) is 86.9 Å². The highest BCUT2D eigenvalue weighted by Gasteiger charge is 2.56. The summed E-state index contributed by atoms with van der Waals surface area (Å²) in [5.74, 6) is 1.70. The number of amides is 1. The lowest BCUT2D eigenvalue weighted by Crippen LogP contribution is -2.55. The minimum absolute atomic E-state index is 0.111. The summed E-state index contributed by atoms with van der Waals surface area (Å²) in [6, 6.07) is 5.16. The second-order valence-electron chi connectivity index (χ2n) is 8.12. The number of halogens is 1. The van der Waals surface area contributed by atoms with Crippen molar-refractivity contribution in [2.45, 2.75) is 31.1 Å². The molecule has 0 saturated heterocycles. The summed E-state index contributed by atoms with van der Waals surface area (Å²) in [7, 11) is 1.85. The lowest BCUT2D eigenvalue weighted by atomic mass is 9.45. The maximum Gasteiger partial charge on any atom is 0.264 e. The maximum atomic E-state index is 12.5. The van der Waals surface area contributed by atoms with Crippen LogP contribution in [0, 0.1) is 18.3 Å². The normalized spacial score (nSPS) is 21.6. The smallest absolute Gasteiger partial charge is 0.264 e. The van der Waals surface area contributed by atoms with E-state index in [2.05, 4.69) is 19.9 Å². The fourth-order valence-corrected chi connectivity index (χ4v) is 4.96. The SMILES string of the molecule is Cc1c(SNC(=O)c2ccc(-n3ccc(OCC45CC(C4)C5)n3)nc2Cl)cnn1C. The zero-order chi connectivity index (χ0) is 20.9. The lowest BCUT2D eigenvalue weighted by molar-refractivity contribution is -0.132. The van der Waals surface area contributed by atoms with Crippen LogP contribution in [0.2, 0.25) is 5.15 Å². The summed E-state index contributed by atoms with van der Waals surface area (Å²) in [6.45, 7) is 2.66. The van der Waals surface area contributed by atoms with Gasteiger partial charge >= 0.3 is 0 Å². The van der Waals surface area contributed by atoms with E-state index in [1.165, 1.54) is 31.2 Å². The molecule has 0 radical (unpaired) electrons. The fourth-order valence-electron chi connectivity index (χ4n) is 4.03. The third kappa shape index (κ3) is 3.45. The van der Waals surface area contributed by atoms with Crippen molar-refractivity contribution in [1.82, 2.24) is 29.3 Å². The van der Waals surface area contributed by atoms with Crippen LogP contribution in [-0.2, 0) is 7.05 Å². The molecule has 3 aromatic heterocycles. The molecule has 3 saturated carbocycles. The maximum absolute atomic E-state index is 12.5. The van der Waals surface area contributed by atoms with Crippen LogP contribution in [0.15, 0.2) is 35.5 Å². The van der Waals surface area contributed by atoms with Crippen molar-refractivity contribution in [3.63, 3.8) is 0 Å². The van der Waals surface area contributed by atoms with Crippen LogP contribution in [0.1, 0.15) is 35.3 Å². The number of carbonyl (C=O) groups excluding carboxylic acids is 1. The highest BCUT2D eigenvalue weighted by atomic mass is 35.5. The predicted molar refractivity (Wildman–Crippen MR) is 113 cm³/mol. The van der Waals surface area contributed by atoms with Crippen molar-refractivity contribution in [3.8, 4) is 11.7 Å². The average Bonchev–Trinajstić information content (AvgIpc) is 3.25. The molecular weight excluding hydrogens is 424 g/mol. The molecule has 0 atom stereocenters. The fraction of sp³-hybridized carbons (Fsp3) is 0.400. The van der Waals surface area contributed by atoms with Gasteiger partial charge in [0.2, 0.25) is 5.88 Å². The van der Waals surface area contributed by atoms with Crippen LogP contribution >= 0.6 is 23.5 Å². The molecule has 156 valence electrons. The van der Waals surface area contributed by atoms with Crippen molar-refractivity contribution in [3.05, 3.63) is 47.0 Å². The van der Waals surface area contributed by atoms with Crippen molar-refractivity contribution < 1.29 is 9.53 Å². The number of pyridine rings is 1. The highest BCUT2D eigenvalue weighted by molar-refractivity contribution is 7.98. The van der Waals surface area contributed by atoms with Gasteiger partial charge in [0.1, 0.15) is 5.15 Å². The number of hydrogen-bond donors (Lipinski definition) is 1. The Morgan fingerprint density at radius 3 is 2.80 bits per heavy atom. The first-order valence-electron chi connectivity index (χ1n) is 9.74. The van der Waals surface area contributed by atoms with Gasteiger partial charge in [-0.25, -0.2) is 9.67 Å². The van der Waals surface area contributed by atoms with Crippen LogP contribution in [0.25, 0.3) is 5.82 Å². The number of aryl methyl sites for hydroxylation is 1. The van der Waals surface area contributed by atoms with Gasteiger partial charge in [-0.05, 0) is 56.2 Å². The number of carbonyl (C=O) groups is 1. The van der Waals surface area contributed by atoms with Crippen molar-refractivity contribution in [2.24, 2.45) is 18.4 Å². The molecule has 1 N–H and O–H groups in total. The molecule has 0 unspecified atom stereocenters. The Kier molecular flexibility index (Phi) is 4.74. The monoisotopic (exact) mass is 444 g/mol. The van der Waals surface area contributed by atoms with Gasteiger partial charge in [-0.15, -0.1) is 5.10 Å². The van der Waals surface area contributed by atoms with E-state index in [4.69, 9.17) is 16.3 Å². The minimum Gasteiger partial charge on any atom is -0.476 e. The Balaban J connectivity index is 1.23. The standard InChI is InChI=1S/C20H21ClN6O2S/c1-12-15(10-22-26(12)2)30-25-19(28)14-3-4-16(23-18(14)21)27-6-5-17(24-27)29-11-20-7-13(8-20)9-20/h3-6,10,13H,7-9,11H2,1-2H3,(H,25,28). The van der Waals surface area contributed by atoms with Crippen LogP contribution in [0.3, 0.4) is 0 Å². The van der Waals surface area contributed by atoms with Crippen molar-refractivity contribution >= 4 is 29.5 Å². The molecular formula is C20H21ClN6O2S. The van der Waals surface area contributed by atoms with Gasteiger partial charge < -0.3 is 4.74 Å². The van der Waals surface area contributed by atoms with E-state index in [0.29, 0.717) is 22.7 Å². The third-order valence-corrected chi connectivity index (χ3v) is 7.21. The summed E-state index contributed by atoms with van der Waals surface area (Å²) in [5, 5.41) is 8.69. The van der Waals surface area contributed by atoms with Gasteiger partial charge in [0.25, 0.3) is 5.91 Å². The van der Waals surface area contributed by atoms with Crippen LogP contribution in [-0.4, -0.2) is 37.1 Å². The Labute approximate surface area is 183 Å². The summed E-state index contributed by atoms with van der Waals surface area (Å²) in [6.07, 6.45) is 7.33. The molecule has 0 spiro atoms. The van der Waals surface area contributed by atoms with E-state index in [1.54, 1.807) is 33.9 Å². The van der Waals surface area contributed by atoms with E-state index >= 15 is 0 Å². The molecule has 3 fully saturated rings. The molecule has 3 heterocycles. The minimum atomic E-state index is -0.324. The first kappa shape index (κ1) is 19.4. The summed E-state index contributed by atoms with van der Waals surface area (Å²) in [5.41, 5.74) is 1.66. The van der Waals surface area contributed by atoms with Crippen LogP contribution < -0.4 is 9.46 Å². The summed E-state index contributed by atoms with van der Waals surface area (Å²) >= 11 is 7.48. The Morgan fingerprint density at radius 2 is 2.17 bits per heavy atom. The lowest BCUT2D eigenvalue weighted by Gasteiger charge is -2.61. The first-order chi connectivity index (χ1) is 14.4. The van der Waals surface area contributed by atoms with Gasteiger partial charge in [-0.1, -0.05) is 11.6 Å². The van der Waals surface area contributed by atoms with Gasteiger partial charge in [0.05, 0.1) is 29.0 Å². The molecule has 1 amide bonds. The quantitative estimate of drug-likeness (QED) is 0.442. The average molecular weight is 445 g/mol. The molecule has 30 heavy (non-hydrogen) atoms. The summed E-state index contributed by atoms with van der Waals surface area (Å²) < 4.78 is 12.0. The molecule has 10 heteroatoms. The van der Waals surface area contributed by atoms with E-state index in [0.717, 1.165) is 23.1 Å². The number of ether oxygens (including phenoxy) is 1. The molecule has 3 aliphatic carbocycles. The van der Waals surface area contributed by atoms with Crippen molar-refractivity contribution in [2.75, 3.05) is 6.61 Å². The largest absolute Gasteiger partial charge is 0.476 e. The van der Waals surface area contributed by atoms with E-state index in [-0.39, 0.29) is 11.1 Å². The number of nitrogens with one attached hydrogen (secondary N) is 1. The molecule has 0 aromatic carbocycles. The molecule has 0 aliphatic heterocycles. The van der Waals surface area contributed by atoms with E-state index < -0.39 is 0 Å². The molecule has 3 aromatic rings. The van der Waals surface area contributed by atoms with Gasteiger partial charge in [0, 0.05) is 24.7 Å². The summed E-state index contributed by atoms with van der Waals surface area (Å²) in [4.78, 5) is 17.7. The predicted octanol–water partition coefficient (Wildman–Crippen LogP) is 3.58. The molecule has 2 bridgehead atoms. The molecule has 3 aliphatic rings. The van der Waals surface area contributed by atoms with Crippen LogP contribution in [0.4, 0.5) is 0 Å². The zero-order valence-electron chi connectivity index (χ0n) is 16.6. The number of rotatable bonds is 7. The second kappa shape index (κ2) is 7.31. The van der Waals surface area contributed by atoms with Gasteiger partial charge in [-0.2, -0.15) is 5.10 Å². The highest BCUT2D eigenvalue weighted by Crippen LogP contribution is 2.64. The number of aromatic nitrogens is 5. The Morgan fingerprint density at radius 1 is 1.37 bits per heavy atom. The van der Waals surface area contributed by atoms with Gasteiger partial charge in [-0.3, -0.25) is 14.2 Å². The van der Waals surface area contributed by atoms with E-state index in [9.17, 15) is 4.79 Å². The zero-order valence-corrected chi connectivity index (χ0v) is 18.2. The third-order valence-electron chi connectivity index (χ3n) is 6.01. The van der Waals surface area contributed by atoms with Crippen molar-refractivity contribution in [1.29, 1.82) is 0 Å². The van der Waals surface area contributed by atoms with Gasteiger partial charge in [0.15, 0.2) is 5.82 Å². The first-order valence-corrected chi connectivity index (χ1v) is 10.9. The molecule has 6 rings (SSSR count). The Bertz CT molecular complexity index is 1110. The number of nitrogens with zero attached hydrogens (tertiary/aromatic N) is 5. The molecule has 8 nitrogen and oxygen atoms in total. The van der Waals surface area contributed by atoms with E-state index in [1.807, 2.05) is 20.0 Å². The second-order valence-corrected chi connectivity index (χ2v) is 9.33. The van der Waals surface area contributed by atoms with Crippen LogP contribution in [0.5, 0.6) is 5.88 Å². The Hall–Kier alpha value is -2.52. The number of hydrogen-bond acceptors (Lipinski definition) is 6.